The van der Waals surface area contributed by atoms with Crippen molar-refractivity contribution in [3.05, 3.63) is 0 Å². The van der Waals surface area contributed by atoms with E-state index in [0.29, 0.717) is 19.3 Å². The van der Waals surface area contributed by atoms with Gasteiger partial charge < -0.3 is 14.2 Å². The number of unbranched alkanes of at least 4 members (excludes halogenated alkanes) is 34. The third-order valence-corrected chi connectivity index (χ3v) is 11.8. The number of rotatable bonds is 47. The molecule has 0 aromatic carbocycles. The van der Waals surface area contributed by atoms with E-state index in [0.717, 1.165) is 63.7 Å². The highest BCUT2D eigenvalue weighted by molar-refractivity contribution is 5.71. The van der Waals surface area contributed by atoms with Gasteiger partial charge in [0.15, 0.2) is 6.10 Å². The highest BCUT2D eigenvalue weighted by atomic mass is 16.6. The Morgan fingerprint density at radius 2 is 0.569 bits per heavy atom. The SMILES string of the molecule is CCCCCCCCCCCCCCCCC(=O)OC[C@H](COC(=O)CCCCCCCCCCCCCC)OC(=O)CCCCCCCCCCCCCC(C)C. The molecule has 1 atom stereocenters. The van der Waals surface area contributed by atoms with Crippen LogP contribution in [-0.4, -0.2) is 37.2 Å². The van der Waals surface area contributed by atoms with Crippen molar-refractivity contribution in [2.24, 2.45) is 5.92 Å². The first-order valence-electron chi connectivity index (χ1n) is 25.9. The highest BCUT2D eigenvalue weighted by Gasteiger charge is 2.19. The van der Waals surface area contributed by atoms with E-state index in [-0.39, 0.29) is 31.1 Å². The zero-order valence-corrected chi connectivity index (χ0v) is 39.5. The summed E-state index contributed by atoms with van der Waals surface area (Å²) in [6.45, 7) is 9.02. The predicted octanol–water partition coefficient (Wildman–Crippen LogP) is 16.7. The van der Waals surface area contributed by atoms with Crippen LogP contribution in [-0.2, 0) is 28.6 Å². The van der Waals surface area contributed by atoms with E-state index in [9.17, 15) is 14.4 Å². The van der Waals surface area contributed by atoms with Crippen LogP contribution in [0.2, 0.25) is 0 Å². The molecule has 0 N–H and O–H groups in total. The summed E-state index contributed by atoms with van der Waals surface area (Å²) in [5, 5.41) is 0. The van der Waals surface area contributed by atoms with Crippen molar-refractivity contribution in [3.8, 4) is 0 Å². The van der Waals surface area contributed by atoms with E-state index in [1.165, 1.54) is 186 Å². The van der Waals surface area contributed by atoms with E-state index in [1.54, 1.807) is 0 Å². The van der Waals surface area contributed by atoms with Gasteiger partial charge in [0.1, 0.15) is 13.2 Å². The van der Waals surface area contributed by atoms with Gasteiger partial charge in [0.25, 0.3) is 0 Å². The van der Waals surface area contributed by atoms with Gasteiger partial charge in [-0.2, -0.15) is 0 Å². The molecule has 0 aliphatic carbocycles. The molecule has 0 spiro atoms. The second-order valence-corrected chi connectivity index (χ2v) is 18.3. The van der Waals surface area contributed by atoms with Crippen molar-refractivity contribution >= 4 is 17.9 Å². The van der Waals surface area contributed by atoms with Crippen LogP contribution in [0.1, 0.15) is 291 Å². The minimum Gasteiger partial charge on any atom is -0.462 e. The number of carbonyl (C=O) groups excluding carboxylic acids is 3. The summed E-state index contributed by atoms with van der Waals surface area (Å²) in [6, 6.07) is 0. The first-order chi connectivity index (χ1) is 28.4. The molecule has 0 fully saturated rings. The van der Waals surface area contributed by atoms with Crippen molar-refractivity contribution in [1.82, 2.24) is 0 Å². The van der Waals surface area contributed by atoms with E-state index < -0.39 is 6.10 Å². The maximum atomic E-state index is 12.8. The monoisotopic (exact) mass is 821 g/mol. The van der Waals surface area contributed by atoms with Crippen molar-refractivity contribution in [1.29, 1.82) is 0 Å². The summed E-state index contributed by atoms with van der Waals surface area (Å²) < 4.78 is 16.8. The highest BCUT2D eigenvalue weighted by Crippen LogP contribution is 2.17. The van der Waals surface area contributed by atoms with Crippen LogP contribution in [0.4, 0.5) is 0 Å². The van der Waals surface area contributed by atoms with Gasteiger partial charge in [0, 0.05) is 19.3 Å². The molecule has 0 saturated heterocycles. The van der Waals surface area contributed by atoms with Crippen molar-refractivity contribution in [3.63, 3.8) is 0 Å². The molecule has 0 heterocycles. The Bertz CT molecular complexity index is 872. The van der Waals surface area contributed by atoms with Gasteiger partial charge >= 0.3 is 17.9 Å². The number of hydrogen-bond acceptors (Lipinski definition) is 6. The zero-order valence-electron chi connectivity index (χ0n) is 39.5. The molecule has 0 aromatic heterocycles. The second kappa shape index (κ2) is 46.5. The Kier molecular flexibility index (Phi) is 45.2. The van der Waals surface area contributed by atoms with Crippen LogP contribution in [0.5, 0.6) is 0 Å². The zero-order chi connectivity index (χ0) is 42.4. The van der Waals surface area contributed by atoms with Crippen molar-refractivity contribution in [2.45, 2.75) is 297 Å². The first kappa shape index (κ1) is 56.4. The van der Waals surface area contributed by atoms with Crippen LogP contribution in [0.3, 0.4) is 0 Å². The van der Waals surface area contributed by atoms with Crippen LogP contribution >= 0.6 is 0 Å². The van der Waals surface area contributed by atoms with Crippen molar-refractivity contribution in [2.75, 3.05) is 13.2 Å². The molecule has 0 rings (SSSR count). The number of esters is 3. The van der Waals surface area contributed by atoms with Gasteiger partial charge in [-0.15, -0.1) is 0 Å². The Balaban J connectivity index is 4.31. The molecule has 6 nitrogen and oxygen atoms in total. The van der Waals surface area contributed by atoms with Gasteiger partial charge in [-0.25, -0.2) is 0 Å². The number of ether oxygens (including phenoxy) is 3. The summed E-state index contributed by atoms with van der Waals surface area (Å²) in [5.41, 5.74) is 0. The largest absolute Gasteiger partial charge is 0.462 e. The summed E-state index contributed by atoms with van der Waals surface area (Å²) in [5.74, 6) is -0.0193. The lowest BCUT2D eigenvalue weighted by Crippen LogP contribution is -2.30. The molecular formula is C52H100O6. The topological polar surface area (TPSA) is 78.9 Å². The third-order valence-electron chi connectivity index (χ3n) is 11.8. The Morgan fingerprint density at radius 1 is 0.328 bits per heavy atom. The Labute approximate surface area is 361 Å². The molecule has 0 unspecified atom stereocenters. The molecule has 0 aliphatic rings. The lowest BCUT2D eigenvalue weighted by atomic mass is 10.0. The predicted molar refractivity (Wildman–Crippen MR) is 247 cm³/mol. The molecule has 0 aliphatic heterocycles. The van der Waals surface area contributed by atoms with E-state index in [4.69, 9.17) is 14.2 Å². The second-order valence-electron chi connectivity index (χ2n) is 18.3. The average Bonchev–Trinajstić information content (AvgIpc) is 3.21. The maximum absolute atomic E-state index is 12.8. The molecule has 0 radical (unpaired) electrons. The number of carbonyl (C=O) groups is 3. The number of hydrogen-bond donors (Lipinski definition) is 0. The smallest absolute Gasteiger partial charge is 0.306 e. The molecular weight excluding hydrogens is 721 g/mol. The quantitative estimate of drug-likeness (QED) is 0.0346. The van der Waals surface area contributed by atoms with E-state index >= 15 is 0 Å². The lowest BCUT2D eigenvalue weighted by Gasteiger charge is -2.18. The fraction of sp³-hybridized carbons (Fsp3) is 0.942. The molecule has 0 bridgehead atoms. The fourth-order valence-electron chi connectivity index (χ4n) is 7.86. The summed E-state index contributed by atoms with van der Waals surface area (Å²) in [4.78, 5) is 37.9. The standard InChI is InChI=1S/C52H100O6/c1-5-7-9-11-13-15-17-19-20-24-28-32-36-40-44-51(54)57-47-49(46-56-50(53)43-39-35-31-27-23-18-16-14-12-10-8-6-2)58-52(55)45-41-37-33-29-25-21-22-26-30-34-38-42-48(3)4/h48-49H,5-47H2,1-4H3/t49-/m0/s1. The van der Waals surface area contributed by atoms with Crippen molar-refractivity contribution < 1.29 is 28.6 Å². The molecule has 0 amide bonds. The molecule has 0 aromatic rings. The molecule has 344 valence electrons. The third kappa shape index (κ3) is 45.5. The van der Waals surface area contributed by atoms with Crippen LogP contribution in [0, 0.1) is 5.92 Å². The molecule has 6 heteroatoms. The maximum Gasteiger partial charge on any atom is 0.306 e. The summed E-state index contributed by atoms with van der Waals surface area (Å²) >= 11 is 0. The Morgan fingerprint density at radius 3 is 0.845 bits per heavy atom. The van der Waals surface area contributed by atoms with E-state index in [1.807, 2.05) is 0 Å². The van der Waals surface area contributed by atoms with Crippen LogP contribution in [0.15, 0.2) is 0 Å². The fourth-order valence-corrected chi connectivity index (χ4v) is 7.86. The van der Waals surface area contributed by atoms with Gasteiger partial charge in [0.2, 0.25) is 0 Å². The minimum atomic E-state index is -0.760. The van der Waals surface area contributed by atoms with Gasteiger partial charge in [-0.1, -0.05) is 252 Å². The van der Waals surface area contributed by atoms with Crippen LogP contribution < -0.4 is 0 Å². The first-order valence-corrected chi connectivity index (χ1v) is 25.9. The van der Waals surface area contributed by atoms with Gasteiger partial charge in [-0.05, 0) is 25.2 Å². The van der Waals surface area contributed by atoms with E-state index in [2.05, 4.69) is 27.7 Å². The lowest BCUT2D eigenvalue weighted by molar-refractivity contribution is -0.167. The summed E-state index contributed by atoms with van der Waals surface area (Å²) in [6.07, 6.45) is 47.9. The van der Waals surface area contributed by atoms with Crippen LogP contribution in [0.25, 0.3) is 0 Å². The molecule has 0 saturated carbocycles. The Hall–Kier alpha value is -1.59. The normalized spacial score (nSPS) is 11.9. The van der Waals surface area contributed by atoms with Gasteiger partial charge in [0.05, 0.1) is 0 Å². The molecule has 58 heavy (non-hydrogen) atoms. The average molecular weight is 821 g/mol. The minimum absolute atomic E-state index is 0.0627. The summed E-state index contributed by atoms with van der Waals surface area (Å²) in [7, 11) is 0. The van der Waals surface area contributed by atoms with Gasteiger partial charge in [-0.3, -0.25) is 14.4 Å².